The number of aryl methyl sites for hydroxylation is 2. The highest BCUT2D eigenvalue weighted by molar-refractivity contribution is 8.13. The first kappa shape index (κ1) is 14.9. The monoisotopic (exact) mass is 310 g/mol. The quantitative estimate of drug-likeness (QED) is 0.807. The lowest BCUT2D eigenvalue weighted by Crippen LogP contribution is -1.99. The number of hydrogen-bond acceptors (Lipinski definition) is 3. The number of halogens is 1. The van der Waals surface area contributed by atoms with Crippen molar-refractivity contribution in [2.24, 2.45) is 0 Å². The van der Waals surface area contributed by atoms with Crippen molar-refractivity contribution in [2.45, 2.75) is 25.3 Å². The van der Waals surface area contributed by atoms with Crippen LogP contribution in [0.3, 0.4) is 0 Å². The van der Waals surface area contributed by atoms with Gasteiger partial charge < -0.3 is 4.74 Å². The Kier molecular flexibility index (Phi) is 4.35. The van der Waals surface area contributed by atoms with Crippen molar-refractivity contribution in [3.05, 3.63) is 59.2 Å². The van der Waals surface area contributed by atoms with Crippen molar-refractivity contribution >= 4 is 19.7 Å². The molecule has 0 amide bonds. The SMILES string of the molecule is Cc1cccc(COc2ccc(S(=O)(=O)Cl)cc2C)c1. The zero-order valence-corrected chi connectivity index (χ0v) is 12.8. The topological polar surface area (TPSA) is 43.4 Å². The van der Waals surface area contributed by atoms with Gasteiger partial charge in [0, 0.05) is 10.7 Å². The summed E-state index contributed by atoms with van der Waals surface area (Å²) in [6.45, 7) is 4.25. The van der Waals surface area contributed by atoms with Crippen LogP contribution in [0.1, 0.15) is 16.7 Å². The van der Waals surface area contributed by atoms with Crippen LogP contribution in [-0.2, 0) is 15.7 Å². The molecule has 0 aromatic heterocycles. The lowest BCUT2D eigenvalue weighted by molar-refractivity contribution is 0.304. The fourth-order valence-corrected chi connectivity index (χ4v) is 2.73. The molecule has 3 nitrogen and oxygen atoms in total. The summed E-state index contributed by atoms with van der Waals surface area (Å²) in [4.78, 5) is 0.0829. The predicted molar refractivity (Wildman–Crippen MR) is 79.7 cm³/mol. The fraction of sp³-hybridized carbons (Fsp3) is 0.200. The van der Waals surface area contributed by atoms with E-state index in [0.29, 0.717) is 12.4 Å². The van der Waals surface area contributed by atoms with E-state index in [2.05, 4.69) is 0 Å². The Balaban J connectivity index is 2.15. The standard InChI is InChI=1S/C15H15ClO3S/c1-11-4-3-5-13(8-11)10-19-15-7-6-14(9-12(15)2)20(16,17)18/h3-9H,10H2,1-2H3. The Morgan fingerprint density at radius 1 is 1.10 bits per heavy atom. The number of benzene rings is 2. The maximum Gasteiger partial charge on any atom is 0.261 e. The molecule has 5 heteroatoms. The van der Waals surface area contributed by atoms with Crippen molar-refractivity contribution in [3.63, 3.8) is 0 Å². The Hall–Kier alpha value is -1.52. The van der Waals surface area contributed by atoms with Crippen molar-refractivity contribution in [1.29, 1.82) is 0 Å². The van der Waals surface area contributed by atoms with Crippen LogP contribution in [0.15, 0.2) is 47.4 Å². The summed E-state index contributed by atoms with van der Waals surface area (Å²) in [6.07, 6.45) is 0. The maximum atomic E-state index is 11.2. The average Bonchev–Trinajstić information content (AvgIpc) is 2.36. The van der Waals surface area contributed by atoms with Crippen LogP contribution < -0.4 is 4.74 Å². The summed E-state index contributed by atoms with van der Waals surface area (Å²) < 4.78 is 28.2. The molecule has 0 spiro atoms. The van der Waals surface area contributed by atoms with Gasteiger partial charge in [0.2, 0.25) is 0 Å². The number of hydrogen-bond donors (Lipinski definition) is 0. The van der Waals surface area contributed by atoms with Gasteiger partial charge in [-0.15, -0.1) is 0 Å². The molecule has 2 aromatic carbocycles. The highest BCUT2D eigenvalue weighted by Gasteiger charge is 2.11. The smallest absolute Gasteiger partial charge is 0.261 e. The van der Waals surface area contributed by atoms with Crippen LogP contribution in [0.25, 0.3) is 0 Å². The van der Waals surface area contributed by atoms with E-state index in [0.717, 1.165) is 11.1 Å². The van der Waals surface area contributed by atoms with Gasteiger partial charge in [-0.2, -0.15) is 0 Å². The van der Waals surface area contributed by atoms with Crippen LogP contribution in [0.4, 0.5) is 0 Å². The molecule has 2 aromatic rings. The second-order valence-electron chi connectivity index (χ2n) is 4.64. The summed E-state index contributed by atoms with van der Waals surface area (Å²) in [7, 11) is 1.61. The molecule has 0 N–H and O–H groups in total. The van der Waals surface area contributed by atoms with Crippen LogP contribution in [0.2, 0.25) is 0 Å². The summed E-state index contributed by atoms with van der Waals surface area (Å²) in [6, 6.07) is 12.6. The molecule has 106 valence electrons. The van der Waals surface area contributed by atoms with Gasteiger partial charge in [0.15, 0.2) is 0 Å². The van der Waals surface area contributed by atoms with E-state index in [-0.39, 0.29) is 4.90 Å². The normalized spacial score (nSPS) is 11.3. The van der Waals surface area contributed by atoms with E-state index in [1.807, 2.05) is 31.2 Å². The van der Waals surface area contributed by atoms with Gasteiger partial charge in [0.05, 0.1) is 4.90 Å². The Labute approximate surface area is 123 Å². The van der Waals surface area contributed by atoms with Gasteiger partial charge in [0.25, 0.3) is 9.05 Å². The zero-order valence-electron chi connectivity index (χ0n) is 11.3. The van der Waals surface area contributed by atoms with E-state index in [4.69, 9.17) is 15.4 Å². The van der Waals surface area contributed by atoms with E-state index in [1.54, 1.807) is 13.0 Å². The third-order valence-electron chi connectivity index (χ3n) is 2.90. The molecule has 0 heterocycles. The Morgan fingerprint density at radius 3 is 2.45 bits per heavy atom. The lowest BCUT2D eigenvalue weighted by atomic mass is 10.1. The Bertz CT molecular complexity index is 724. The summed E-state index contributed by atoms with van der Waals surface area (Å²) in [5.74, 6) is 0.649. The molecule has 0 fully saturated rings. The first-order valence-electron chi connectivity index (χ1n) is 6.10. The summed E-state index contributed by atoms with van der Waals surface area (Å²) in [5, 5.41) is 0. The van der Waals surface area contributed by atoms with E-state index >= 15 is 0 Å². The van der Waals surface area contributed by atoms with E-state index in [1.165, 1.54) is 17.7 Å². The minimum atomic E-state index is -3.70. The Morgan fingerprint density at radius 2 is 1.85 bits per heavy atom. The molecule has 0 aliphatic carbocycles. The minimum absolute atomic E-state index is 0.0829. The van der Waals surface area contributed by atoms with E-state index in [9.17, 15) is 8.42 Å². The highest BCUT2D eigenvalue weighted by Crippen LogP contribution is 2.24. The lowest BCUT2D eigenvalue weighted by Gasteiger charge is -2.10. The van der Waals surface area contributed by atoms with Gasteiger partial charge >= 0.3 is 0 Å². The first-order chi connectivity index (χ1) is 9.36. The van der Waals surface area contributed by atoms with Gasteiger partial charge in [-0.05, 0) is 43.2 Å². The van der Waals surface area contributed by atoms with Gasteiger partial charge in [-0.25, -0.2) is 8.42 Å². The largest absolute Gasteiger partial charge is 0.489 e. The molecular weight excluding hydrogens is 296 g/mol. The molecule has 20 heavy (non-hydrogen) atoms. The highest BCUT2D eigenvalue weighted by atomic mass is 35.7. The zero-order chi connectivity index (χ0) is 14.8. The van der Waals surface area contributed by atoms with Crippen LogP contribution >= 0.6 is 10.7 Å². The molecular formula is C15H15ClO3S. The summed E-state index contributed by atoms with van der Waals surface area (Å²) >= 11 is 0. The maximum absolute atomic E-state index is 11.2. The molecule has 0 saturated carbocycles. The van der Waals surface area contributed by atoms with Crippen LogP contribution in [0.5, 0.6) is 5.75 Å². The predicted octanol–water partition coefficient (Wildman–Crippen LogP) is 3.81. The van der Waals surface area contributed by atoms with Crippen LogP contribution in [-0.4, -0.2) is 8.42 Å². The van der Waals surface area contributed by atoms with Gasteiger partial charge in [-0.1, -0.05) is 29.8 Å². The summed E-state index contributed by atoms with van der Waals surface area (Å²) in [5.41, 5.74) is 2.98. The van der Waals surface area contributed by atoms with Gasteiger partial charge in [-0.3, -0.25) is 0 Å². The number of ether oxygens (including phenoxy) is 1. The first-order valence-corrected chi connectivity index (χ1v) is 8.41. The van der Waals surface area contributed by atoms with Gasteiger partial charge in [0.1, 0.15) is 12.4 Å². The van der Waals surface area contributed by atoms with E-state index < -0.39 is 9.05 Å². The molecule has 0 aliphatic rings. The molecule has 0 bridgehead atoms. The number of rotatable bonds is 4. The van der Waals surface area contributed by atoms with Crippen molar-refractivity contribution in [2.75, 3.05) is 0 Å². The molecule has 0 atom stereocenters. The molecule has 0 aliphatic heterocycles. The fourth-order valence-electron chi connectivity index (χ4n) is 1.90. The van der Waals surface area contributed by atoms with Crippen molar-refractivity contribution in [1.82, 2.24) is 0 Å². The minimum Gasteiger partial charge on any atom is -0.489 e. The van der Waals surface area contributed by atoms with Crippen LogP contribution in [0, 0.1) is 13.8 Å². The second kappa shape index (κ2) is 5.85. The van der Waals surface area contributed by atoms with Crippen molar-refractivity contribution < 1.29 is 13.2 Å². The third kappa shape index (κ3) is 3.74. The van der Waals surface area contributed by atoms with Crippen molar-refractivity contribution in [3.8, 4) is 5.75 Å². The molecule has 0 saturated heterocycles. The molecule has 0 radical (unpaired) electrons. The average molecular weight is 311 g/mol. The molecule has 2 rings (SSSR count). The third-order valence-corrected chi connectivity index (χ3v) is 4.26. The molecule has 0 unspecified atom stereocenters. The second-order valence-corrected chi connectivity index (χ2v) is 7.21.